The summed E-state index contributed by atoms with van der Waals surface area (Å²) in [6.07, 6.45) is 11.1. The summed E-state index contributed by atoms with van der Waals surface area (Å²) in [6.45, 7) is 0. The summed E-state index contributed by atoms with van der Waals surface area (Å²) in [6, 6.07) is 3.12. The van der Waals surface area contributed by atoms with E-state index in [0.717, 1.165) is 11.9 Å². The fourth-order valence-electron chi connectivity index (χ4n) is 3.44. The van der Waals surface area contributed by atoms with Gasteiger partial charge in [-0.2, -0.15) is 0 Å². The third kappa shape index (κ3) is 1.94. The molecular formula is C15H20N4. The molecule has 4 nitrogen and oxygen atoms in total. The fourth-order valence-corrected chi connectivity index (χ4v) is 3.44. The first-order chi connectivity index (χ1) is 9.33. The number of nitrogens with two attached hydrogens (primary N) is 1. The number of hydrogen-bond donors (Lipinski definition) is 1. The van der Waals surface area contributed by atoms with Crippen LogP contribution in [0.5, 0.6) is 0 Å². The molecule has 4 heteroatoms. The molecule has 0 radical (unpaired) electrons. The van der Waals surface area contributed by atoms with Crippen LogP contribution in [0.1, 0.15) is 56.3 Å². The van der Waals surface area contributed by atoms with Gasteiger partial charge in [-0.3, -0.25) is 4.98 Å². The molecular weight excluding hydrogens is 236 g/mol. The Morgan fingerprint density at radius 2 is 2.11 bits per heavy atom. The van der Waals surface area contributed by atoms with Gasteiger partial charge in [0.05, 0.1) is 11.7 Å². The Kier molecular flexibility index (Phi) is 2.58. The van der Waals surface area contributed by atoms with E-state index in [-0.39, 0.29) is 0 Å². The maximum atomic E-state index is 6.15. The highest BCUT2D eigenvalue weighted by molar-refractivity contribution is 5.75. The van der Waals surface area contributed by atoms with Crippen molar-refractivity contribution in [3.8, 4) is 0 Å². The molecule has 2 atom stereocenters. The summed E-state index contributed by atoms with van der Waals surface area (Å²) in [4.78, 5) is 9.08. The van der Waals surface area contributed by atoms with Crippen LogP contribution in [-0.2, 0) is 0 Å². The Hall–Kier alpha value is -1.42. The summed E-state index contributed by atoms with van der Waals surface area (Å²) in [5, 5.41) is 0. The van der Waals surface area contributed by atoms with E-state index < -0.39 is 0 Å². The molecule has 2 aromatic heterocycles. The van der Waals surface area contributed by atoms with Crippen LogP contribution in [0, 0.1) is 0 Å². The van der Waals surface area contributed by atoms with Crippen molar-refractivity contribution in [2.24, 2.45) is 5.73 Å². The second-order valence-corrected chi connectivity index (χ2v) is 6.06. The van der Waals surface area contributed by atoms with Crippen LogP contribution in [0.15, 0.2) is 18.5 Å². The predicted molar refractivity (Wildman–Crippen MR) is 75.0 cm³/mol. The highest BCUT2D eigenvalue weighted by Gasteiger charge is 2.32. The lowest BCUT2D eigenvalue weighted by Gasteiger charge is -2.26. The maximum Gasteiger partial charge on any atom is 0.113 e. The lowest BCUT2D eigenvalue weighted by Crippen LogP contribution is -2.28. The maximum absolute atomic E-state index is 6.15. The van der Waals surface area contributed by atoms with Gasteiger partial charge in [-0.1, -0.05) is 6.42 Å². The quantitative estimate of drug-likeness (QED) is 0.898. The average molecular weight is 256 g/mol. The molecule has 2 N–H and O–H groups in total. The number of rotatable bonds is 2. The van der Waals surface area contributed by atoms with E-state index in [4.69, 9.17) is 10.7 Å². The van der Waals surface area contributed by atoms with Crippen LogP contribution in [0.4, 0.5) is 0 Å². The van der Waals surface area contributed by atoms with Crippen LogP contribution in [0.3, 0.4) is 0 Å². The first-order valence-corrected chi connectivity index (χ1v) is 7.40. The second kappa shape index (κ2) is 4.30. The Balaban J connectivity index is 1.81. The largest absolute Gasteiger partial charge is 0.328 e. The van der Waals surface area contributed by atoms with Gasteiger partial charge in [0.15, 0.2) is 0 Å². The van der Waals surface area contributed by atoms with Gasteiger partial charge in [0.2, 0.25) is 0 Å². The van der Waals surface area contributed by atoms with Crippen LogP contribution in [-0.4, -0.2) is 20.6 Å². The molecule has 0 aromatic carbocycles. The van der Waals surface area contributed by atoms with Crippen molar-refractivity contribution in [1.29, 1.82) is 0 Å². The number of pyridine rings is 1. The van der Waals surface area contributed by atoms with Gasteiger partial charge in [0.25, 0.3) is 0 Å². The third-order valence-electron chi connectivity index (χ3n) is 4.51. The molecule has 2 aliphatic carbocycles. The van der Waals surface area contributed by atoms with Gasteiger partial charge in [0, 0.05) is 24.2 Å². The molecule has 0 aliphatic heterocycles. The molecule has 0 bridgehead atoms. The van der Waals surface area contributed by atoms with Gasteiger partial charge in [-0.15, -0.1) is 0 Å². The first-order valence-electron chi connectivity index (χ1n) is 7.40. The third-order valence-corrected chi connectivity index (χ3v) is 4.51. The Bertz CT molecular complexity index is 599. The van der Waals surface area contributed by atoms with E-state index in [2.05, 4.69) is 15.6 Å². The monoisotopic (exact) mass is 256 g/mol. The summed E-state index contributed by atoms with van der Waals surface area (Å²) < 4.78 is 2.47. The predicted octanol–water partition coefficient (Wildman–Crippen LogP) is 2.75. The molecule has 19 heavy (non-hydrogen) atoms. The topological polar surface area (TPSA) is 56.7 Å². The summed E-state index contributed by atoms with van der Waals surface area (Å²) in [5.41, 5.74) is 8.45. The Morgan fingerprint density at radius 1 is 1.21 bits per heavy atom. The lowest BCUT2D eigenvalue weighted by molar-refractivity contribution is 0.374. The van der Waals surface area contributed by atoms with E-state index in [9.17, 15) is 0 Å². The molecule has 100 valence electrons. The van der Waals surface area contributed by atoms with Crippen molar-refractivity contribution in [1.82, 2.24) is 14.5 Å². The Labute approximate surface area is 113 Å². The van der Waals surface area contributed by atoms with Crippen LogP contribution in [0.25, 0.3) is 11.0 Å². The lowest BCUT2D eigenvalue weighted by atomic mass is 9.85. The minimum absolute atomic E-state index is 0.351. The van der Waals surface area contributed by atoms with Crippen molar-refractivity contribution in [2.75, 3.05) is 0 Å². The molecule has 0 spiro atoms. The standard InChI is InChI=1S/C15H20N4/c16-11-3-1-2-10(8-11)15-18-13-9-17-7-6-14(13)19(15)12-4-5-12/h6-7,9-12H,1-5,8,16H2. The molecule has 2 fully saturated rings. The summed E-state index contributed by atoms with van der Waals surface area (Å²) in [7, 11) is 0. The van der Waals surface area contributed by atoms with Gasteiger partial charge < -0.3 is 10.3 Å². The molecule has 2 aliphatic rings. The van der Waals surface area contributed by atoms with Crippen molar-refractivity contribution in [2.45, 2.75) is 56.5 Å². The number of nitrogens with zero attached hydrogens (tertiary/aromatic N) is 3. The molecule has 2 aromatic rings. The summed E-state index contributed by atoms with van der Waals surface area (Å²) in [5.74, 6) is 1.80. The van der Waals surface area contributed by atoms with E-state index in [1.165, 1.54) is 43.4 Å². The van der Waals surface area contributed by atoms with Gasteiger partial charge >= 0.3 is 0 Å². The minimum atomic E-state index is 0.351. The van der Waals surface area contributed by atoms with Crippen LogP contribution < -0.4 is 5.73 Å². The molecule has 2 saturated carbocycles. The van der Waals surface area contributed by atoms with Gasteiger partial charge in [-0.05, 0) is 38.2 Å². The zero-order valence-electron chi connectivity index (χ0n) is 11.1. The number of aromatic nitrogens is 3. The molecule has 0 amide bonds. The van der Waals surface area contributed by atoms with E-state index in [1.807, 2.05) is 12.4 Å². The highest BCUT2D eigenvalue weighted by Crippen LogP contribution is 2.42. The van der Waals surface area contributed by atoms with Gasteiger partial charge in [-0.25, -0.2) is 4.98 Å². The van der Waals surface area contributed by atoms with Crippen molar-refractivity contribution < 1.29 is 0 Å². The zero-order chi connectivity index (χ0) is 12.8. The molecule has 2 heterocycles. The zero-order valence-corrected chi connectivity index (χ0v) is 11.1. The normalized spacial score (nSPS) is 27.8. The highest BCUT2D eigenvalue weighted by atomic mass is 15.1. The molecule has 4 rings (SSSR count). The SMILES string of the molecule is NC1CCCC(c2nc3cnccc3n2C2CC2)C1. The smallest absolute Gasteiger partial charge is 0.113 e. The minimum Gasteiger partial charge on any atom is -0.328 e. The van der Waals surface area contributed by atoms with Crippen molar-refractivity contribution in [3.05, 3.63) is 24.3 Å². The molecule has 0 saturated heterocycles. The number of hydrogen-bond acceptors (Lipinski definition) is 3. The van der Waals surface area contributed by atoms with Crippen LogP contribution >= 0.6 is 0 Å². The Morgan fingerprint density at radius 3 is 2.89 bits per heavy atom. The number of imidazole rings is 1. The van der Waals surface area contributed by atoms with Crippen molar-refractivity contribution in [3.63, 3.8) is 0 Å². The van der Waals surface area contributed by atoms with Crippen LogP contribution in [0.2, 0.25) is 0 Å². The molecule has 2 unspecified atom stereocenters. The van der Waals surface area contributed by atoms with E-state index in [0.29, 0.717) is 18.0 Å². The first kappa shape index (κ1) is 11.4. The van der Waals surface area contributed by atoms with E-state index in [1.54, 1.807) is 0 Å². The second-order valence-electron chi connectivity index (χ2n) is 6.06. The number of fused-ring (bicyclic) bond motifs is 1. The fraction of sp³-hybridized carbons (Fsp3) is 0.600. The van der Waals surface area contributed by atoms with Gasteiger partial charge in [0.1, 0.15) is 11.3 Å². The summed E-state index contributed by atoms with van der Waals surface area (Å²) >= 11 is 0. The van der Waals surface area contributed by atoms with Crippen molar-refractivity contribution >= 4 is 11.0 Å². The van der Waals surface area contributed by atoms with E-state index >= 15 is 0 Å². The average Bonchev–Trinajstić information content (AvgIpc) is 3.18.